The van der Waals surface area contributed by atoms with Crippen molar-refractivity contribution in [2.24, 2.45) is 0 Å². The highest BCUT2D eigenvalue weighted by atomic mass is 79.9. The first kappa shape index (κ1) is 18.9. The molecule has 0 atom stereocenters. The fraction of sp³-hybridized carbons (Fsp3) is 0.333. The molecule has 0 unspecified atom stereocenters. The van der Waals surface area contributed by atoms with Crippen molar-refractivity contribution >= 4 is 33.2 Å². The highest BCUT2D eigenvalue weighted by Crippen LogP contribution is 2.35. The standard InChI is InChI=1S/C18H20BrClFNO2/c1-4-23-17-7-12(14(19)9-18(17)24-11(2)3)10-22-13-5-6-16(21)15(20)8-13/h5-9,11,22H,4,10H2,1-3H3. The van der Waals surface area contributed by atoms with Crippen molar-refractivity contribution in [2.45, 2.75) is 33.4 Å². The lowest BCUT2D eigenvalue weighted by atomic mass is 10.2. The summed E-state index contributed by atoms with van der Waals surface area (Å²) in [5.74, 6) is 0.966. The summed E-state index contributed by atoms with van der Waals surface area (Å²) in [5, 5.41) is 3.31. The monoisotopic (exact) mass is 415 g/mol. The summed E-state index contributed by atoms with van der Waals surface area (Å²) in [7, 11) is 0. The Hall–Kier alpha value is -1.46. The second kappa shape index (κ2) is 8.58. The topological polar surface area (TPSA) is 30.5 Å². The molecule has 3 nitrogen and oxygen atoms in total. The fourth-order valence-electron chi connectivity index (χ4n) is 2.13. The van der Waals surface area contributed by atoms with E-state index in [9.17, 15) is 4.39 Å². The number of rotatable bonds is 7. The number of anilines is 1. The summed E-state index contributed by atoms with van der Waals surface area (Å²) >= 11 is 9.36. The maximum absolute atomic E-state index is 13.2. The normalized spacial score (nSPS) is 10.8. The molecule has 0 fully saturated rings. The minimum atomic E-state index is -0.433. The summed E-state index contributed by atoms with van der Waals surface area (Å²) in [6.45, 7) is 6.95. The zero-order valence-corrected chi connectivity index (χ0v) is 16.2. The molecule has 0 saturated carbocycles. The van der Waals surface area contributed by atoms with Crippen molar-refractivity contribution in [1.29, 1.82) is 0 Å². The van der Waals surface area contributed by atoms with Crippen LogP contribution in [0.3, 0.4) is 0 Å². The van der Waals surface area contributed by atoms with Crippen LogP contribution in [-0.4, -0.2) is 12.7 Å². The van der Waals surface area contributed by atoms with Gasteiger partial charge in [-0.3, -0.25) is 0 Å². The first-order valence-electron chi connectivity index (χ1n) is 7.71. The van der Waals surface area contributed by atoms with Gasteiger partial charge in [0.1, 0.15) is 5.82 Å². The van der Waals surface area contributed by atoms with Gasteiger partial charge < -0.3 is 14.8 Å². The quantitative estimate of drug-likeness (QED) is 0.597. The zero-order valence-electron chi connectivity index (χ0n) is 13.8. The van der Waals surface area contributed by atoms with E-state index in [0.717, 1.165) is 15.7 Å². The van der Waals surface area contributed by atoms with Gasteiger partial charge >= 0.3 is 0 Å². The highest BCUT2D eigenvalue weighted by molar-refractivity contribution is 9.10. The van der Waals surface area contributed by atoms with Crippen LogP contribution in [0.25, 0.3) is 0 Å². The Bertz CT molecular complexity index is 710. The molecule has 0 aliphatic carbocycles. The van der Waals surface area contributed by atoms with Crippen LogP contribution in [-0.2, 0) is 6.54 Å². The van der Waals surface area contributed by atoms with Gasteiger partial charge in [-0.15, -0.1) is 0 Å². The van der Waals surface area contributed by atoms with Crippen LogP contribution in [0.1, 0.15) is 26.3 Å². The molecule has 0 saturated heterocycles. The maximum atomic E-state index is 13.2. The average molecular weight is 417 g/mol. The van der Waals surface area contributed by atoms with E-state index in [-0.39, 0.29) is 11.1 Å². The summed E-state index contributed by atoms with van der Waals surface area (Å²) in [5.41, 5.74) is 1.74. The van der Waals surface area contributed by atoms with Crippen molar-refractivity contribution in [3.63, 3.8) is 0 Å². The molecular weight excluding hydrogens is 397 g/mol. The van der Waals surface area contributed by atoms with Crippen LogP contribution < -0.4 is 14.8 Å². The predicted octanol–water partition coefficient (Wildman–Crippen LogP) is 6.04. The Balaban J connectivity index is 2.19. The van der Waals surface area contributed by atoms with Gasteiger partial charge in [0.05, 0.1) is 17.7 Å². The van der Waals surface area contributed by atoms with Gasteiger partial charge in [0.2, 0.25) is 0 Å². The molecule has 1 N–H and O–H groups in total. The second-order valence-electron chi connectivity index (χ2n) is 5.47. The minimum absolute atomic E-state index is 0.0569. The molecule has 0 aromatic heterocycles. The lowest BCUT2D eigenvalue weighted by Gasteiger charge is -2.17. The predicted molar refractivity (Wildman–Crippen MR) is 99.8 cm³/mol. The number of hydrogen-bond donors (Lipinski definition) is 1. The Labute approximate surface area is 155 Å². The van der Waals surface area contributed by atoms with Crippen molar-refractivity contribution in [1.82, 2.24) is 0 Å². The summed E-state index contributed by atoms with van der Waals surface area (Å²) in [6, 6.07) is 8.38. The largest absolute Gasteiger partial charge is 0.490 e. The zero-order chi connectivity index (χ0) is 17.7. The Morgan fingerprint density at radius 3 is 2.58 bits per heavy atom. The molecule has 2 rings (SSSR count). The van der Waals surface area contributed by atoms with Gasteiger partial charge in [0, 0.05) is 16.7 Å². The van der Waals surface area contributed by atoms with E-state index < -0.39 is 5.82 Å². The van der Waals surface area contributed by atoms with Crippen LogP contribution in [0.15, 0.2) is 34.8 Å². The van der Waals surface area contributed by atoms with Crippen LogP contribution in [0, 0.1) is 5.82 Å². The summed E-state index contributed by atoms with van der Waals surface area (Å²) in [6.07, 6.45) is 0.0569. The van der Waals surface area contributed by atoms with E-state index in [4.69, 9.17) is 21.1 Å². The van der Waals surface area contributed by atoms with Gasteiger partial charge in [-0.25, -0.2) is 4.39 Å². The molecule has 0 radical (unpaired) electrons. The number of halogens is 3. The molecule has 24 heavy (non-hydrogen) atoms. The van der Waals surface area contributed by atoms with Gasteiger partial charge in [-0.05, 0) is 56.7 Å². The van der Waals surface area contributed by atoms with E-state index >= 15 is 0 Å². The van der Waals surface area contributed by atoms with Crippen LogP contribution in [0.2, 0.25) is 5.02 Å². The van der Waals surface area contributed by atoms with Crippen LogP contribution in [0.5, 0.6) is 11.5 Å². The van der Waals surface area contributed by atoms with Crippen molar-refractivity contribution in [3.8, 4) is 11.5 Å². The van der Waals surface area contributed by atoms with Crippen molar-refractivity contribution < 1.29 is 13.9 Å². The number of nitrogens with one attached hydrogen (secondary N) is 1. The smallest absolute Gasteiger partial charge is 0.162 e. The molecule has 0 aliphatic rings. The lowest BCUT2D eigenvalue weighted by molar-refractivity contribution is 0.223. The van der Waals surface area contributed by atoms with Gasteiger partial charge in [-0.2, -0.15) is 0 Å². The highest BCUT2D eigenvalue weighted by Gasteiger charge is 2.12. The first-order valence-corrected chi connectivity index (χ1v) is 8.88. The third kappa shape index (κ3) is 5.02. The van der Waals surface area contributed by atoms with E-state index in [0.29, 0.717) is 24.7 Å². The molecule has 6 heteroatoms. The van der Waals surface area contributed by atoms with Gasteiger partial charge in [0.25, 0.3) is 0 Å². The van der Waals surface area contributed by atoms with E-state index in [1.165, 1.54) is 6.07 Å². The molecule has 0 heterocycles. The molecular formula is C18H20BrClFNO2. The maximum Gasteiger partial charge on any atom is 0.162 e. The third-order valence-electron chi connectivity index (χ3n) is 3.18. The SMILES string of the molecule is CCOc1cc(CNc2ccc(F)c(Cl)c2)c(Br)cc1OC(C)C. The second-order valence-corrected chi connectivity index (χ2v) is 6.73. The Morgan fingerprint density at radius 1 is 1.21 bits per heavy atom. The van der Waals surface area contributed by atoms with E-state index in [1.807, 2.05) is 32.9 Å². The Kier molecular flexibility index (Phi) is 6.75. The van der Waals surface area contributed by atoms with Gasteiger partial charge in [-0.1, -0.05) is 27.5 Å². The van der Waals surface area contributed by atoms with Crippen LogP contribution >= 0.6 is 27.5 Å². The van der Waals surface area contributed by atoms with Gasteiger partial charge in [0.15, 0.2) is 11.5 Å². The minimum Gasteiger partial charge on any atom is -0.490 e. The molecule has 0 bridgehead atoms. The summed E-state index contributed by atoms with van der Waals surface area (Å²) < 4.78 is 25.6. The number of hydrogen-bond acceptors (Lipinski definition) is 3. The fourth-order valence-corrected chi connectivity index (χ4v) is 2.77. The number of ether oxygens (including phenoxy) is 2. The third-order valence-corrected chi connectivity index (χ3v) is 4.21. The lowest BCUT2D eigenvalue weighted by Crippen LogP contribution is -2.08. The molecule has 130 valence electrons. The molecule has 2 aromatic rings. The molecule has 2 aromatic carbocycles. The first-order chi connectivity index (χ1) is 11.4. The molecule has 0 amide bonds. The van der Waals surface area contributed by atoms with E-state index in [1.54, 1.807) is 12.1 Å². The van der Waals surface area contributed by atoms with Crippen molar-refractivity contribution in [2.75, 3.05) is 11.9 Å². The number of benzene rings is 2. The molecule has 0 aliphatic heterocycles. The average Bonchev–Trinajstić information content (AvgIpc) is 2.51. The Morgan fingerprint density at radius 2 is 1.96 bits per heavy atom. The van der Waals surface area contributed by atoms with Crippen molar-refractivity contribution in [3.05, 3.63) is 51.2 Å². The van der Waals surface area contributed by atoms with E-state index in [2.05, 4.69) is 21.2 Å². The van der Waals surface area contributed by atoms with Crippen LogP contribution in [0.4, 0.5) is 10.1 Å². The molecule has 0 spiro atoms. The summed E-state index contributed by atoms with van der Waals surface area (Å²) in [4.78, 5) is 0.